The van der Waals surface area contributed by atoms with Crippen LogP contribution in [0.5, 0.6) is 0 Å². The molecule has 0 fully saturated rings. The molecule has 2 N–H and O–H groups in total. The van der Waals surface area contributed by atoms with E-state index >= 15 is 0 Å². The summed E-state index contributed by atoms with van der Waals surface area (Å²) in [5.41, 5.74) is 0.652. The number of hydrogen-bond acceptors (Lipinski definition) is 2. The zero-order chi connectivity index (χ0) is 12.8. The molecule has 0 unspecified atom stereocenters. The van der Waals surface area contributed by atoms with E-state index in [0.717, 1.165) is 0 Å². The number of carboxylic acids is 1. The fourth-order valence-electron chi connectivity index (χ4n) is 1.60. The molecule has 92 valence electrons. The Kier molecular flexibility index (Phi) is 4.69. The summed E-state index contributed by atoms with van der Waals surface area (Å²) in [7, 11) is 0. The van der Waals surface area contributed by atoms with Crippen LogP contribution in [0.4, 0.5) is 0 Å². The summed E-state index contributed by atoms with van der Waals surface area (Å²) in [5.74, 6) is -2.00. The molecule has 0 radical (unpaired) electrons. The maximum atomic E-state index is 11.6. The zero-order valence-corrected chi connectivity index (χ0v) is 10.0. The lowest BCUT2D eigenvalue weighted by atomic mass is 9.95. The van der Waals surface area contributed by atoms with Crippen LogP contribution in [-0.4, -0.2) is 23.0 Å². The Morgan fingerprint density at radius 3 is 2.29 bits per heavy atom. The van der Waals surface area contributed by atoms with Crippen molar-refractivity contribution in [1.82, 2.24) is 5.32 Å². The molecule has 4 nitrogen and oxygen atoms in total. The van der Waals surface area contributed by atoms with Gasteiger partial charge < -0.3 is 10.4 Å². The third kappa shape index (κ3) is 4.26. The Morgan fingerprint density at radius 1 is 1.24 bits per heavy atom. The van der Waals surface area contributed by atoms with E-state index in [4.69, 9.17) is 5.11 Å². The average Bonchev–Trinajstić information content (AvgIpc) is 2.25. The molecular formula is C13H17NO3. The minimum atomic E-state index is -0.977. The van der Waals surface area contributed by atoms with Gasteiger partial charge in [-0.2, -0.15) is 0 Å². The monoisotopic (exact) mass is 235 g/mol. The SMILES string of the molecule is CC(C)NC(=O)C[C@H](C(=O)O)c1ccccc1. The van der Waals surface area contributed by atoms with E-state index in [9.17, 15) is 9.59 Å². The highest BCUT2D eigenvalue weighted by molar-refractivity contribution is 5.85. The van der Waals surface area contributed by atoms with Crippen molar-refractivity contribution < 1.29 is 14.7 Å². The number of carbonyl (C=O) groups excluding carboxylic acids is 1. The predicted molar refractivity (Wildman–Crippen MR) is 64.7 cm³/mol. The topological polar surface area (TPSA) is 66.4 Å². The van der Waals surface area contributed by atoms with Crippen LogP contribution in [0.3, 0.4) is 0 Å². The molecule has 0 heterocycles. The summed E-state index contributed by atoms with van der Waals surface area (Å²) in [6, 6.07) is 8.82. The minimum absolute atomic E-state index is 0.0210. The van der Waals surface area contributed by atoms with E-state index in [0.29, 0.717) is 5.56 Å². The molecule has 0 saturated heterocycles. The second kappa shape index (κ2) is 6.03. The van der Waals surface area contributed by atoms with E-state index < -0.39 is 11.9 Å². The number of nitrogens with one attached hydrogen (secondary N) is 1. The molecule has 0 saturated carbocycles. The number of benzene rings is 1. The molecule has 1 atom stereocenters. The molecule has 0 aliphatic carbocycles. The zero-order valence-electron chi connectivity index (χ0n) is 10.0. The van der Waals surface area contributed by atoms with Crippen LogP contribution >= 0.6 is 0 Å². The fraction of sp³-hybridized carbons (Fsp3) is 0.385. The minimum Gasteiger partial charge on any atom is -0.481 e. The molecule has 0 aliphatic rings. The number of amides is 1. The molecule has 17 heavy (non-hydrogen) atoms. The summed E-state index contributed by atoms with van der Waals surface area (Å²) in [5, 5.41) is 11.8. The molecule has 1 rings (SSSR count). The Morgan fingerprint density at radius 2 is 1.82 bits per heavy atom. The third-order valence-electron chi connectivity index (χ3n) is 2.34. The van der Waals surface area contributed by atoms with Gasteiger partial charge in [0.2, 0.25) is 5.91 Å². The molecule has 1 amide bonds. The first-order chi connectivity index (χ1) is 8.00. The molecule has 0 aromatic heterocycles. The van der Waals surface area contributed by atoms with Gasteiger partial charge in [-0.15, -0.1) is 0 Å². The standard InChI is InChI=1S/C13H17NO3/c1-9(2)14-12(15)8-11(13(16)17)10-6-4-3-5-7-10/h3-7,9,11H,8H2,1-2H3,(H,14,15)(H,16,17)/t11-/m0/s1. The van der Waals surface area contributed by atoms with E-state index in [2.05, 4.69) is 5.32 Å². The first-order valence-electron chi connectivity index (χ1n) is 5.58. The lowest BCUT2D eigenvalue weighted by molar-refractivity contribution is -0.140. The first-order valence-corrected chi connectivity index (χ1v) is 5.58. The molecule has 4 heteroatoms. The molecule has 0 spiro atoms. The second-order valence-corrected chi connectivity index (χ2v) is 4.23. The van der Waals surface area contributed by atoms with Crippen LogP contribution < -0.4 is 5.32 Å². The Balaban J connectivity index is 2.75. The van der Waals surface area contributed by atoms with Gasteiger partial charge >= 0.3 is 5.97 Å². The number of carboxylic acid groups (broad SMARTS) is 1. The lowest BCUT2D eigenvalue weighted by Gasteiger charge is -2.14. The Labute approximate surface area is 101 Å². The molecule has 0 aliphatic heterocycles. The number of aliphatic carboxylic acids is 1. The van der Waals surface area contributed by atoms with E-state index in [1.54, 1.807) is 24.3 Å². The van der Waals surface area contributed by atoms with Gasteiger partial charge in [-0.25, -0.2) is 0 Å². The summed E-state index contributed by atoms with van der Waals surface area (Å²) in [6.45, 7) is 3.69. The van der Waals surface area contributed by atoms with Gasteiger partial charge in [0.1, 0.15) is 0 Å². The van der Waals surface area contributed by atoms with E-state index in [1.165, 1.54) is 0 Å². The summed E-state index contributed by atoms with van der Waals surface area (Å²) in [6.07, 6.45) is -0.0302. The highest BCUT2D eigenvalue weighted by Crippen LogP contribution is 2.19. The van der Waals surface area contributed by atoms with Crippen molar-refractivity contribution in [1.29, 1.82) is 0 Å². The molecule has 0 bridgehead atoms. The van der Waals surface area contributed by atoms with Crippen molar-refractivity contribution in [2.75, 3.05) is 0 Å². The summed E-state index contributed by atoms with van der Waals surface area (Å²) in [4.78, 5) is 22.7. The highest BCUT2D eigenvalue weighted by Gasteiger charge is 2.23. The maximum absolute atomic E-state index is 11.6. The van der Waals surface area contributed by atoms with Crippen molar-refractivity contribution in [3.8, 4) is 0 Å². The normalized spacial score (nSPS) is 12.2. The third-order valence-corrected chi connectivity index (χ3v) is 2.34. The van der Waals surface area contributed by atoms with Crippen molar-refractivity contribution in [3.05, 3.63) is 35.9 Å². The maximum Gasteiger partial charge on any atom is 0.311 e. The van der Waals surface area contributed by atoms with Gasteiger partial charge in [0, 0.05) is 12.5 Å². The smallest absolute Gasteiger partial charge is 0.311 e. The summed E-state index contributed by atoms with van der Waals surface area (Å²) < 4.78 is 0. The van der Waals surface area contributed by atoms with Crippen LogP contribution in [0.15, 0.2) is 30.3 Å². The Hall–Kier alpha value is -1.84. The van der Waals surface area contributed by atoms with Crippen LogP contribution in [0.1, 0.15) is 31.7 Å². The average molecular weight is 235 g/mol. The molecular weight excluding hydrogens is 218 g/mol. The van der Waals surface area contributed by atoms with Gasteiger partial charge in [0.15, 0.2) is 0 Å². The van der Waals surface area contributed by atoms with Gasteiger partial charge in [0.25, 0.3) is 0 Å². The van der Waals surface area contributed by atoms with Crippen LogP contribution in [0.25, 0.3) is 0 Å². The van der Waals surface area contributed by atoms with E-state index in [-0.39, 0.29) is 18.4 Å². The van der Waals surface area contributed by atoms with Gasteiger partial charge in [-0.05, 0) is 19.4 Å². The van der Waals surface area contributed by atoms with Crippen LogP contribution in [-0.2, 0) is 9.59 Å². The van der Waals surface area contributed by atoms with Gasteiger partial charge in [-0.1, -0.05) is 30.3 Å². The molecule has 1 aromatic rings. The van der Waals surface area contributed by atoms with E-state index in [1.807, 2.05) is 19.9 Å². The number of rotatable bonds is 5. The van der Waals surface area contributed by atoms with Gasteiger partial charge in [0.05, 0.1) is 5.92 Å². The van der Waals surface area contributed by atoms with Crippen molar-refractivity contribution in [2.45, 2.75) is 32.2 Å². The highest BCUT2D eigenvalue weighted by atomic mass is 16.4. The summed E-state index contributed by atoms with van der Waals surface area (Å²) >= 11 is 0. The van der Waals surface area contributed by atoms with Gasteiger partial charge in [-0.3, -0.25) is 9.59 Å². The fourth-order valence-corrected chi connectivity index (χ4v) is 1.60. The van der Waals surface area contributed by atoms with Crippen molar-refractivity contribution >= 4 is 11.9 Å². The quantitative estimate of drug-likeness (QED) is 0.817. The lowest BCUT2D eigenvalue weighted by Crippen LogP contribution is -2.32. The van der Waals surface area contributed by atoms with Crippen LogP contribution in [0.2, 0.25) is 0 Å². The number of carbonyl (C=O) groups is 2. The number of hydrogen-bond donors (Lipinski definition) is 2. The second-order valence-electron chi connectivity index (χ2n) is 4.23. The molecule has 1 aromatic carbocycles. The van der Waals surface area contributed by atoms with Crippen molar-refractivity contribution in [2.24, 2.45) is 0 Å². The predicted octanol–water partition coefficient (Wildman–Crippen LogP) is 1.77. The van der Waals surface area contributed by atoms with Crippen LogP contribution in [0, 0.1) is 0 Å². The largest absolute Gasteiger partial charge is 0.481 e. The first kappa shape index (κ1) is 13.2. The Bertz CT molecular complexity index is 387. The van der Waals surface area contributed by atoms with Crippen molar-refractivity contribution in [3.63, 3.8) is 0 Å².